The molecular weight excluding hydrogens is 196 g/mol. The molecule has 0 atom stereocenters. The molecule has 1 heterocycles. The fraction of sp³-hybridized carbons (Fsp3) is 0.429. The molecule has 0 aliphatic carbocycles. The van der Waals surface area contributed by atoms with Crippen molar-refractivity contribution in [2.45, 2.75) is 33.2 Å². The maximum Gasteiger partial charge on any atom is 0.0483 e. The quantitative estimate of drug-likeness (QED) is 0.821. The van der Waals surface area contributed by atoms with Crippen LogP contribution < -0.4 is 5.73 Å². The van der Waals surface area contributed by atoms with Gasteiger partial charge in [0.1, 0.15) is 0 Å². The maximum absolute atomic E-state index is 5.84. The van der Waals surface area contributed by atoms with Gasteiger partial charge in [-0.2, -0.15) is 0 Å². The summed E-state index contributed by atoms with van der Waals surface area (Å²) in [4.78, 5) is 0. The zero-order valence-corrected chi connectivity index (χ0v) is 10.5. The van der Waals surface area contributed by atoms with E-state index >= 15 is 0 Å². The Labute approximate surface area is 97.1 Å². The molecule has 2 aromatic rings. The summed E-state index contributed by atoms with van der Waals surface area (Å²) in [6, 6.07) is 6.71. The molecule has 16 heavy (non-hydrogen) atoms. The predicted octanol–water partition coefficient (Wildman–Crippen LogP) is 3.07. The number of nitrogens with zero attached hydrogens (tertiary/aromatic N) is 1. The van der Waals surface area contributed by atoms with Gasteiger partial charge in [-0.25, -0.2) is 0 Å². The average Bonchev–Trinajstić information content (AvgIpc) is 2.51. The fourth-order valence-corrected chi connectivity index (χ4v) is 2.28. The van der Waals surface area contributed by atoms with Crippen LogP contribution in [-0.2, 0) is 13.6 Å². The number of aromatic nitrogens is 1. The molecule has 0 bridgehead atoms. The third-order valence-electron chi connectivity index (χ3n) is 3.52. The molecule has 1 aromatic heterocycles. The van der Waals surface area contributed by atoms with Crippen LogP contribution in [0.15, 0.2) is 18.2 Å². The summed E-state index contributed by atoms with van der Waals surface area (Å²) in [5.41, 5.74) is 11.1. The minimum atomic E-state index is 0.565. The molecule has 0 saturated carbocycles. The summed E-state index contributed by atoms with van der Waals surface area (Å²) in [7, 11) is 2.10. The molecule has 0 aliphatic rings. The van der Waals surface area contributed by atoms with Crippen molar-refractivity contribution in [2.24, 2.45) is 12.8 Å². The van der Waals surface area contributed by atoms with Crippen molar-refractivity contribution >= 4 is 10.9 Å². The Bertz CT molecular complexity index is 521. The molecular formula is C14H20N2. The van der Waals surface area contributed by atoms with E-state index in [4.69, 9.17) is 5.73 Å². The number of benzene rings is 1. The topological polar surface area (TPSA) is 30.9 Å². The Morgan fingerprint density at radius 1 is 1.31 bits per heavy atom. The molecule has 0 saturated heterocycles. The molecule has 1 aromatic carbocycles. The molecule has 2 heteroatoms. The largest absolute Gasteiger partial charge is 0.348 e. The highest BCUT2D eigenvalue weighted by Crippen LogP contribution is 2.27. The summed E-state index contributed by atoms with van der Waals surface area (Å²) < 4.78 is 2.22. The Morgan fingerprint density at radius 2 is 2.00 bits per heavy atom. The minimum absolute atomic E-state index is 0.565. The first-order valence-corrected chi connectivity index (χ1v) is 5.84. The molecule has 2 N–H and O–H groups in total. The maximum atomic E-state index is 5.84. The van der Waals surface area contributed by atoms with E-state index < -0.39 is 0 Å². The monoisotopic (exact) mass is 216 g/mol. The zero-order chi connectivity index (χ0) is 11.9. The van der Waals surface area contributed by atoms with E-state index in [2.05, 4.69) is 50.6 Å². The second-order valence-electron chi connectivity index (χ2n) is 4.76. The smallest absolute Gasteiger partial charge is 0.0483 e. The van der Waals surface area contributed by atoms with Crippen LogP contribution in [0.25, 0.3) is 10.9 Å². The summed E-state index contributed by atoms with van der Waals surface area (Å²) in [5, 5.41) is 1.31. The van der Waals surface area contributed by atoms with Crippen molar-refractivity contribution in [3.05, 3.63) is 35.0 Å². The highest BCUT2D eigenvalue weighted by Gasteiger charge is 2.11. The molecule has 0 aliphatic heterocycles. The lowest BCUT2D eigenvalue weighted by Gasteiger charge is -2.06. The number of rotatable bonds is 2. The van der Waals surface area contributed by atoms with Crippen LogP contribution in [0.5, 0.6) is 0 Å². The van der Waals surface area contributed by atoms with Gasteiger partial charge in [0.05, 0.1) is 0 Å². The highest BCUT2D eigenvalue weighted by molar-refractivity contribution is 5.86. The van der Waals surface area contributed by atoms with Crippen LogP contribution in [-0.4, -0.2) is 4.57 Å². The summed E-state index contributed by atoms with van der Waals surface area (Å²) in [6.07, 6.45) is 0. The second kappa shape index (κ2) is 3.95. The Balaban J connectivity index is 2.76. The van der Waals surface area contributed by atoms with Crippen LogP contribution >= 0.6 is 0 Å². The SMILES string of the molecule is Cc1c(CN)c2cc(C(C)C)ccc2n1C. The lowest BCUT2D eigenvalue weighted by atomic mass is 10.00. The second-order valence-corrected chi connectivity index (χ2v) is 4.76. The first kappa shape index (κ1) is 11.2. The van der Waals surface area contributed by atoms with E-state index in [9.17, 15) is 0 Å². The van der Waals surface area contributed by atoms with Gasteiger partial charge >= 0.3 is 0 Å². The molecule has 0 unspecified atom stereocenters. The van der Waals surface area contributed by atoms with Gasteiger partial charge in [0.2, 0.25) is 0 Å². The Morgan fingerprint density at radius 3 is 2.56 bits per heavy atom. The molecule has 86 valence electrons. The van der Waals surface area contributed by atoms with Gasteiger partial charge in [-0.3, -0.25) is 0 Å². The normalized spacial score (nSPS) is 11.6. The molecule has 2 rings (SSSR count). The van der Waals surface area contributed by atoms with E-state index in [0.717, 1.165) is 0 Å². The summed E-state index contributed by atoms with van der Waals surface area (Å²) >= 11 is 0. The number of fused-ring (bicyclic) bond motifs is 1. The van der Waals surface area contributed by atoms with Crippen LogP contribution in [0.3, 0.4) is 0 Å². The first-order valence-electron chi connectivity index (χ1n) is 5.84. The van der Waals surface area contributed by atoms with Crippen molar-refractivity contribution in [3.8, 4) is 0 Å². The molecule has 2 nitrogen and oxygen atoms in total. The lowest BCUT2D eigenvalue weighted by Crippen LogP contribution is -1.99. The number of hydrogen-bond acceptors (Lipinski definition) is 1. The summed E-state index contributed by atoms with van der Waals surface area (Å²) in [6.45, 7) is 7.19. The molecule has 0 amide bonds. The highest BCUT2D eigenvalue weighted by atomic mass is 14.9. The van der Waals surface area contributed by atoms with Gasteiger partial charge in [0, 0.05) is 30.2 Å². The van der Waals surface area contributed by atoms with E-state index in [-0.39, 0.29) is 0 Å². The molecule has 0 fully saturated rings. The van der Waals surface area contributed by atoms with Crippen molar-refractivity contribution in [3.63, 3.8) is 0 Å². The van der Waals surface area contributed by atoms with Crippen LogP contribution in [0.4, 0.5) is 0 Å². The first-order chi connectivity index (χ1) is 7.56. The standard InChI is InChI=1S/C14H20N2/c1-9(2)11-5-6-14-12(7-11)13(8-15)10(3)16(14)4/h5-7,9H,8,15H2,1-4H3. The average molecular weight is 216 g/mol. The zero-order valence-electron chi connectivity index (χ0n) is 10.5. The Hall–Kier alpha value is -1.28. The third kappa shape index (κ3) is 1.54. The van der Waals surface area contributed by atoms with Gasteiger partial charge in [-0.1, -0.05) is 19.9 Å². The van der Waals surface area contributed by atoms with Crippen LogP contribution in [0.2, 0.25) is 0 Å². The Kier molecular flexibility index (Phi) is 2.76. The third-order valence-corrected chi connectivity index (χ3v) is 3.52. The summed E-state index contributed by atoms with van der Waals surface area (Å²) in [5.74, 6) is 0.565. The lowest BCUT2D eigenvalue weighted by molar-refractivity contribution is 0.867. The van der Waals surface area contributed by atoms with Crippen LogP contribution in [0, 0.1) is 6.92 Å². The molecule has 0 radical (unpaired) electrons. The van der Waals surface area contributed by atoms with Crippen LogP contribution in [0.1, 0.15) is 36.6 Å². The van der Waals surface area contributed by atoms with E-state index in [1.807, 2.05) is 0 Å². The van der Waals surface area contributed by atoms with Gasteiger partial charge in [0.25, 0.3) is 0 Å². The van der Waals surface area contributed by atoms with Gasteiger partial charge < -0.3 is 10.3 Å². The predicted molar refractivity (Wildman–Crippen MR) is 69.6 cm³/mol. The van der Waals surface area contributed by atoms with Gasteiger partial charge in [-0.15, -0.1) is 0 Å². The number of aryl methyl sites for hydroxylation is 1. The molecule has 0 spiro atoms. The number of hydrogen-bond donors (Lipinski definition) is 1. The van der Waals surface area contributed by atoms with Crippen molar-refractivity contribution in [1.82, 2.24) is 4.57 Å². The van der Waals surface area contributed by atoms with E-state index in [1.54, 1.807) is 0 Å². The van der Waals surface area contributed by atoms with Gasteiger partial charge in [0.15, 0.2) is 0 Å². The van der Waals surface area contributed by atoms with E-state index in [0.29, 0.717) is 12.5 Å². The van der Waals surface area contributed by atoms with E-state index in [1.165, 1.54) is 27.7 Å². The van der Waals surface area contributed by atoms with Gasteiger partial charge in [-0.05, 0) is 36.1 Å². The van der Waals surface area contributed by atoms with Crippen molar-refractivity contribution < 1.29 is 0 Å². The fourth-order valence-electron chi connectivity index (χ4n) is 2.28. The minimum Gasteiger partial charge on any atom is -0.348 e. The van der Waals surface area contributed by atoms with Crippen molar-refractivity contribution in [2.75, 3.05) is 0 Å². The number of nitrogens with two attached hydrogens (primary N) is 1. The van der Waals surface area contributed by atoms with Crippen molar-refractivity contribution in [1.29, 1.82) is 0 Å².